The van der Waals surface area contributed by atoms with Gasteiger partial charge in [0.15, 0.2) is 0 Å². The molecule has 2 amide bonds. The summed E-state index contributed by atoms with van der Waals surface area (Å²) in [5.41, 5.74) is 0. The fraction of sp³-hybridized carbons (Fsp3) is 0.875. The van der Waals surface area contributed by atoms with Gasteiger partial charge in [-0.2, -0.15) is 0 Å². The van der Waals surface area contributed by atoms with Gasteiger partial charge >= 0.3 is 6.03 Å². The SMILES string of the molecule is CCNC(=O)NCCC(C)S(C)=O. The van der Waals surface area contributed by atoms with Crippen molar-refractivity contribution in [3.63, 3.8) is 0 Å². The molecule has 0 radical (unpaired) electrons. The largest absolute Gasteiger partial charge is 0.338 e. The molecule has 0 saturated carbocycles. The molecule has 0 rings (SSSR count). The monoisotopic (exact) mass is 206 g/mol. The number of hydrogen-bond donors (Lipinski definition) is 2. The second-order valence-corrected chi connectivity index (χ2v) is 4.69. The quantitative estimate of drug-likeness (QED) is 0.686. The van der Waals surface area contributed by atoms with Crippen LogP contribution in [0.1, 0.15) is 20.3 Å². The third kappa shape index (κ3) is 6.57. The van der Waals surface area contributed by atoms with E-state index >= 15 is 0 Å². The molecule has 0 aromatic rings. The number of amides is 2. The Kier molecular flexibility index (Phi) is 6.58. The van der Waals surface area contributed by atoms with Crippen molar-refractivity contribution in [3.8, 4) is 0 Å². The molecule has 0 heterocycles. The van der Waals surface area contributed by atoms with Gasteiger partial charge in [0.05, 0.1) is 0 Å². The van der Waals surface area contributed by atoms with Gasteiger partial charge in [-0.15, -0.1) is 0 Å². The summed E-state index contributed by atoms with van der Waals surface area (Å²) < 4.78 is 10.9. The molecule has 0 bridgehead atoms. The Hall–Kier alpha value is -0.580. The summed E-state index contributed by atoms with van der Waals surface area (Å²) in [6.07, 6.45) is 2.43. The number of urea groups is 1. The molecule has 13 heavy (non-hydrogen) atoms. The summed E-state index contributed by atoms with van der Waals surface area (Å²) in [6, 6.07) is -0.156. The molecule has 78 valence electrons. The van der Waals surface area contributed by atoms with E-state index in [1.165, 1.54) is 0 Å². The van der Waals surface area contributed by atoms with Crippen LogP contribution >= 0.6 is 0 Å². The van der Waals surface area contributed by atoms with Crippen LogP contribution in [0.3, 0.4) is 0 Å². The summed E-state index contributed by atoms with van der Waals surface area (Å²) in [6.45, 7) is 4.98. The Morgan fingerprint density at radius 3 is 2.54 bits per heavy atom. The zero-order chi connectivity index (χ0) is 10.3. The number of nitrogens with one attached hydrogen (secondary N) is 2. The molecule has 0 saturated heterocycles. The van der Waals surface area contributed by atoms with Crippen molar-refractivity contribution in [2.24, 2.45) is 0 Å². The first-order valence-corrected chi connectivity index (χ1v) is 6.04. The maximum atomic E-state index is 10.9. The molecule has 4 nitrogen and oxygen atoms in total. The first kappa shape index (κ1) is 12.4. The van der Waals surface area contributed by atoms with Crippen molar-refractivity contribution in [2.45, 2.75) is 25.5 Å². The number of hydrogen-bond acceptors (Lipinski definition) is 2. The number of rotatable bonds is 5. The minimum Gasteiger partial charge on any atom is -0.338 e. The third-order valence-electron chi connectivity index (χ3n) is 1.74. The van der Waals surface area contributed by atoms with Crippen molar-refractivity contribution in [3.05, 3.63) is 0 Å². The highest BCUT2D eigenvalue weighted by Gasteiger charge is 2.05. The minimum atomic E-state index is -0.800. The van der Waals surface area contributed by atoms with Crippen LogP contribution in [-0.2, 0) is 10.8 Å². The predicted molar refractivity (Wildman–Crippen MR) is 55.2 cm³/mol. The van der Waals surface area contributed by atoms with E-state index < -0.39 is 10.8 Å². The lowest BCUT2D eigenvalue weighted by molar-refractivity contribution is 0.241. The fourth-order valence-electron chi connectivity index (χ4n) is 0.778. The van der Waals surface area contributed by atoms with Crippen molar-refractivity contribution >= 4 is 16.8 Å². The average molecular weight is 206 g/mol. The summed E-state index contributed by atoms with van der Waals surface area (Å²) in [7, 11) is -0.800. The van der Waals surface area contributed by atoms with E-state index in [1.54, 1.807) is 6.26 Å². The van der Waals surface area contributed by atoms with Crippen LogP contribution in [-0.4, -0.2) is 34.8 Å². The van der Waals surface area contributed by atoms with E-state index in [0.29, 0.717) is 13.1 Å². The smallest absolute Gasteiger partial charge is 0.314 e. The van der Waals surface area contributed by atoms with Crippen LogP contribution < -0.4 is 10.6 Å². The number of carbonyl (C=O) groups excluding carboxylic acids is 1. The summed E-state index contributed by atoms with van der Waals surface area (Å²) >= 11 is 0. The molecule has 0 aliphatic heterocycles. The Morgan fingerprint density at radius 2 is 2.08 bits per heavy atom. The van der Waals surface area contributed by atoms with Crippen molar-refractivity contribution in [1.29, 1.82) is 0 Å². The normalized spacial score (nSPS) is 14.7. The Bertz CT molecular complexity index is 185. The molecule has 0 spiro atoms. The van der Waals surface area contributed by atoms with E-state index in [9.17, 15) is 9.00 Å². The fourth-order valence-corrected chi connectivity index (χ4v) is 1.23. The van der Waals surface area contributed by atoms with Gasteiger partial charge < -0.3 is 10.6 Å². The predicted octanol–water partition coefficient (Wildman–Crippen LogP) is 0.463. The summed E-state index contributed by atoms with van der Waals surface area (Å²) in [5, 5.41) is 5.45. The van der Waals surface area contributed by atoms with Gasteiger partial charge in [-0.1, -0.05) is 6.92 Å². The molecule has 0 aliphatic carbocycles. The molecule has 0 aromatic carbocycles. The lowest BCUT2D eigenvalue weighted by Gasteiger charge is -2.09. The first-order chi connectivity index (χ1) is 6.07. The number of carbonyl (C=O) groups is 1. The van der Waals surface area contributed by atoms with Gasteiger partial charge in [0.2, 0.25) is 0 Å². The lowest BCUT2D eigenvalue weighted by atomic mass is 10.3. The van der Waals surface area contributed by atoms with E-state index in [-0.39, 0.29) is 11.3 Å². The van der Waals surface area contributed by atoms with Crippen molar-refractivity contribution < 1.29 is 9.00 Å². The summed E-state index contributed by atoms with van der Waals surface area (Å²) in [4.78, 5) is 10.9. The average Bonchev–Trinajstić information content (AvgIpc) is 2.04. The zero-order valence-electron chi connectivity index (χ0n) is 8.42. The highest BCUT2D eigenvalue weighted by Crippen LogP contribution is 1.96. The third-order valence-corrected chi connectivity index (χ3v) is 3.11. The molecule has 0 aromatic heterocycles. The van der Waals surface area contributed by atoms with Crippen LogP contribution in [0.15, 0.2) is 0 Å². The lowest BCUT2D eigenvalue weighted by Crippen LogP contribution is -2.36. The second-order valence-electron chi connectivity index (χ2n) is 2.88. The van der Waals surface area contributed by atoms with Crippen molar-refractivity contribution in [1.82, 2.24) is 10.6 Å². The molecule has 0 aliphatic rings. The van der Waals surface area contributed by atoms with Crippen LogP contribution in [0.25, 0.3) is 0 Å². The Morgan fingerprint density at radius 1 is 1.46 bits per heavy atom. The van der Waals surface area contributed by atoms with Crippen LogP contribution in [0.5, 0.6) is 0 Å². The van der Waals surface area contributed by atoms with Crippen LogP contribution in [0.2, 0.25) is 0 Å². The van der Waals surface area contributed by atoms with Crippen LogP contribution in [0.4, 0.5) is 4.79 Å². The van der Waals surface area contributed by atoms with Gasteiger partial charge in [-0.3, -0.25) is 4.21 Å². The highest BCUT2D eigenvalue weighted by atomic mass is 32.2. The van der Waals surface area contributed by atoms with Gasteiger partial charge in [0.1, 0.15) is 0 Å². The Labute approximate surface area is 81.9 Å². The van der Waals surface area contributed by atoms with E-state index in [0.717, 1.165) is 6.42 Å². The molecular formula is C8H18N2O2S. The Balaban J connectivity index is 3.44. The second kappa shape index (κ2) is 6.88. The molecular weight excluding hydrogens is 188 g/mol. The zero-order valence-corrected chi connectivity index (χ0v) is 9.24. The summed E-state index contributed by atoms with van der Waals surface area (Å²) in [5.74, 6) is 0. The first-order valence-electron chi connectivity index (χ1n) is 4.41. The maximum absolute atomic E-state index is 10.9. The van der Waals surface area contributed by atoms with Gasteiger partial charge in [0.25, 0.3) is 0 Å². The van der Waals surface area contributed by atoms with Gasteiger partial charge in [-0.05, 0) is 13.3 Å². The molecule has 2 atom stereocenters. The maximum Gasteiger partial charge on any atom is 0.314 e. The van der Waals surface area contributed by atoms with Crippen LogP contribution in [0, 0.1) is 0 Å². The molecule has 2 unspecified atom stereocenters. The molecule has 5 heteroatoms. The molecule has 0 fully saturated rings. The van der Waals surface area contributed by atoms with Crippen molar-refractivity contribution in [2.75, 3.05) is 19.3 Å². The van der Waals surface area contributed by atoms with Gasteiger partial charge in [0, 0.05) is 35.4 Å². The molecule has 2 N–H and O–H groups in total. The van der Waals surface area contributed by atoms with E-state index in [1.807, 2.05) is 13.8 Å². The topological polar surface area (TPSA) is 58.2 Å². The van der Waals surface area contributed by atoms with Gasteiger partial charge in [-0.25, -0.2) is 4.79 Å². The van der Waals surface area contributed by atoms with E-state index in [2.05, 4.69) is 10.6 Å². The standard InChI is InChI=1S/C8H18N2O2S/c1-4-9-8(11)10-6-5-7(2)13(3)12/h7H,4-6H2,1-3H3,(H2,9,10,11). The minimum absolute atomic E-state index is 0.141. The van der Waals surface area contributed by atoms with E-state index in [4.69, 9.17) is 0 Å². The highest BCUT2D eigenvalue weighted by molar-refractivity contribution is 7.84.